The lowest BCUT2D eigenvalue weighted by Crippen LogP contribution is -2.20. The Morgan fingerprint density at radius 1 is 1.24 bits per heavy atom. The maximum absolute atomic E-state index is 14.1. The van der Waals surface area contributed by atoms with Gasteiger partial charge in [0.15, 0.2) is 0 Å². The lowest BCUT2D eigenvalue weighted by molar-refractivity contribution is -0.143. The summed E-state index contributed by atoms with van der Waals surface area (Å²) >= 11 is 4.66. The van der Waals surface area contributed by atoms with Gasteiger partial charge in [0.2, 0.25) is 5.91 Å². The van der Waals surface area contributed by atoms with Crippen molar-refractivity contribution in [2.45, 2.75) is 63.0 Å². The molecule has 0 fully saturated rings. The molecule has 25 heavy (non-hydrogen) atoms. The maximum atomic E-state index is 14.1. The van der Waals surface area contributed by atoms with Crippen molar-refractivity contribution in [1.29, 1.82) is 0 Å². The van der Waals surface area contributed by atoms with Crippen molar-refractivity contribution in [3.8, 4) is 0 Å². The van der Waals surface area contributed by atoms with Gasteiger partial charge in [0, 0.05) is 15.8 Å². The molecule has 0 saturated heterocycles. The first-order valence-corrected chi connectivity index (χ1v) is 10.2. The summed E-state index contributed by atoms with van der Waals surface area (Å²) in [6, 6.07) is 2.87. The Hall–Kier alpha value is -1.08. The quantitative estimate of drug-likeness (QED) is 0.388. The van der Waals surface area contributed by atoms with Gasteiger partial charge in [-0.25, -0.2) is 4.39 Å². The standard InChI is InChI=1S/C18H25BrFNO3S/c1-4-7-15(18(23)24-9-6-3)25-16-11-14(13(20)10-12(16)19)21-17(22)8-5-2/h10-11,15H,4-9H2,1-3H3,(H,21,22). The molecule has 0 bridgehead atoms. The van der Waals surface area contributed by atoms with E-state index in [1.54, 1.807) is 6.07 Å². The van der Waals surface area contributed by atoms with Crippen LogP contribution in [-0.2, 0) is 14.3 Å². The number of hydrogen-bond acceptors (Lipinski definition) is 4. The molecule has 0 saturated carbocycles. The Bertz CT molecular complexity index is 598. The van der Waals surface area contributed by atoms with Crippen LogP contribution in [0.2, 0.25) is 0 Å². The number of nitrogens with one attached hydrogen (secondary N) is 1. The third-order valence-corrected chi connectivity index (χ3v) is 5.53. The molecule has 4 nitrogen and oxygen atoms in total. The molecule has 140 valence electrons. The topological polar surface area (TPSA) is 55.4 Å². The fraction of sp³-hybridized carbons (Fsp3) is 0.556. The zero-order valence-electron chi connectivity index (χ0n) is 14.9. The van der Waals surface area contributed by atoms with Crippen molar-refractivity contribution in [2.24, 2.45) is 0 Å². The molecule has 1 atom stereocenters. The van der Waals surface area contributed by atoms with Crippen molar-refractivity contribution in [3.63, 3.8) is 0 Å². The Morgan fingerprint density at radius 2 is 1.96 bits per heavy atom. The zero-order chi connectivity index (χ0) is 18.8. The van der Waals surface area contributed by atoms with Crippen LogP contribution < -0.4 is 5.32 Å². The molecular formula is C18H25BrFNO3S. The van der Waals surface area contributed by atoms with E-state index in [0.717, 1.165) is 12.8 Å². The minimum absolute atomic E-state index is 0.126. The molecule has 1 aromatic rings. The molecule has 1 aromatic carbocycles. The van der Waals surface area contributed by atoms with Crippen molar-refractivity contribution >= 4 is 45.3 Å². The van der Waals surface area contributed by atoms with E-state index in [1.165, 1.54) is 17.8 Å². The summed E-state index contributed by atoms with van der Waals surface area (Å²) in [6.45, 7) is 6.21. The molecule has 0 aliphatic carbocycles. The van der Waals surface area contributed by atoms with E-state index in [9.17, 15) is 14.0 Å². The number of halogens is 2. The number of amides is 1. The highest BCUT2D eigenvalue weighted by atomic mass is 79.9. The number of carbonyl (C=O) groups excluding carboxylic acids is 2. The molecule has 0 spiro atoms. The average molecular weight is 434 g/mol. The number of hydrogen-bond donors (Lipinski definition) is 1. The van der Waals surface area contributed by atoms with Gasteiger partial charge in [-0.2, -0.15) is 0 Å². The van der Waals surface area contributed by atoms with E-state index in [1.807, 2.05) is 20.8 Å². The number of esters is 1. The predicted molar refractivity (Wildman–Crippen MR) is 103 cm³/mol. The molecule has 0 aromatic heterocycles. The predicted octanol–water partition coefficient (Wildman–Crippen LogP) is 5.54. The highest BCUT2D eigenvalue weighted by Crippen LogP contribution is 2.36. The fourth-order valence-electron chi connectivity index (χ4n) is 2.09. The van der Waals surface area contributed by atoms with Crippen molar-refractivity contribution in [1.82, 2.24) is 0 Å². The number of anilines is 1. The van der Waals surface area contributed by atoms with Crippen LogP contribution in [0.1, 0.15) is 52.9 Å². The SMILES string of the molecule is CCCOC(=O)C(CCC)Sc1cc(NC(=O)CCC)c(F)cc1Br. The molecule has 0 radical (unpaired) electrons. The van der Waals surface area contributed by atoms with Crippen LogP contribution >= 0.6 is 27.7 Å². The van der Waals surface area contributed by atoms with Crippen molar-refractivity contribution in [3.05, 3.63) is 22.4 Å². The summed E-state index contributed by atoms with van der Waals surface area (Å²) in [5, 5.41) is 2.22. The lowest BCUT2D eigenvalue weighted by Gasteiger charge is -2.17. The van der Waals surface area contributed by atoms with E-state index in [-0.39, 0.29) is 22.8 Å². The molecule has 0 aliphatic heterocycles. The number of thioether (sulfide) groups is 1. The first kappa shape index (κ1) is 22.0. The molecule has 1 amide bonds. The largest absolute Gasteiger partial charge is 0.465 e. The zero-order valence-corrected chi connectivity index (χ0v) is 17.3. The Labute approximate surface area is 161 Å². The molecule has 1 rings (SSSR count). The average Bonchev–Trinajstić information content (AvgIpc) is 2.56. The minimum atomic E-state index is -0.513. The Balaban J connectivity index is 2.97. The van der Waals surface area contributed by atoms with Crippen LogP contribution in [0.3, 0.4) is 0 Å². The highest BCUT2D eigenvalue weighted by Gasteiger charge is 2.22. The van der Waals surface area contributed by atoms with Gasteiger partial charge in [0.1, 0.15) is 11.1 Å². The number of rotatable bonds is 10. The van der Waals surface area contributed by atoms with Gasteiger partial charge < -0.3 is 10.1 Å². The lowest BCUT2D eigenvalue weighted by atomic mass is 10.2. The molecule has 1 N–H and O–H groups in total. The van der Waals surface area contributed by atoms with Gasteiger partial charge in [-0.1, -0.05) is 27.2 Å². The molecule has 0 aliphatic rings. The van der Waals surface area contributed by atoms with E-state index < -0.39 is 5.82 Å². The van der Waals surface area contributed by atoms with Gasteiger partial charge in [-0.3, -0.25) is 9.59 Å². The van der Waals surface area contributed by atoms with Gasteiger partial charge in [-0.05, 0) is 47.3 Å². The van der Waals surface area contributed by atoms with Gasteiger partial charge in [0.05, 0.1) is 12.3 Å². The number of carbonyl (C=O) groups is 2. The molecular weight excluding hydrogens is 409 g/mol. The fourth-order valence-corrected chi connectivity index (χ4v) is 3.87. The second kappa shape index (κ2) is 11.5. The van der Waals surface area contributed by atoms with Crippen molar-refractivity contribution in [2.75, 3.05) is 11.9 Å². The smallest absolute Gasteiger partial charge is 0.319 e. The monoisotopic (exact) mass is 433 g/mol. The Kier molecular flexibility index (Phi) is 10.1. The number of ether oxygens (including phenoxy) is 1. The first-order chi connectivity index (χ1) is 11.9. The first-order valence-electron chi connectivity index (χ1n) is 8.55. The van der Waals surface area contributed by atoms with Crippen LogP contribution in [0.25, 0.3) is 0 Å². The third-order valence-electron chi connectivity index (χ3n) is 3.30. The van der Waals surface area contributed by atoms with E-state index in [2.05, 4.69) is 21.2 Å². The molecule has 7 heteroatoms. The normalized spacial score (nSPS) is 11.9. The number of benzene rings is 1. The van der Waals surface area contributed by atoms with Crippen LogP contribution in [0, 0.1) is 5.82 Å². The second-order valence-corrected chi connectivity index (χ2v) is 7.72. The van der Waals surface area contributed by atoms with Gasteiger partial charge in [0.25, 0.3) is 0 Å². The van der Waals surface area contributed by atoms with E-state index in [0.29, 0.717) is 35.2 Å². The van der Waals surface area contributed by atoms with E-state index in [4.69, 9.17) is 4.74 Å². The third kappa shape index (κ3) is 7.36. The molecule has 1 unspecified atom stereocenters. The van der Waals surface area contributed by atoms with Gasteiger partial charge >= 0.3 is 5.97 Å². The highest BCUT2D eigenvalue weighted by molar-refractivity contribution is 9.10. The summed E-state index contributed by atoms with van der Waals surface area (Å²) in [4.78, 5) is 24.7. The summed E-state index contributed by atoms with van der Waals surface area (Å²) in [6.07, 6.45) is 3.28. The molecule has 0 heterocycles. The van der Waals surface area contributed by atoms with Crippen LogP contribution in [0.5, 0.6) is 0 Å². The maximum Gasteiger partial charge on any atom is 0.319 e. The summed E-state index contributed by atoms with van der Waals surface area (Å²) in [7, 11) is 0. The summed E-state index contributed by atoms with van der Waals surface area (Å²) in [5.74, 6) is -1.00. The summed E-state index contributed by atoms with van der Waals surface area (Å²) in [5.41, 5.74) is 0.126. The van der Waals surface area contributed by atoms with Crippen molar-refractivity contribution < 1.29 is 18.7 Å². The minimum Gasteiger partial charge on any atom is -0.465 e. The van der Waals surface area contributed by atoms with E-state index >= 15 is 0 Å². The van der Waals surface area contributed by atoms with Crippen LogP contribution in [0.15, 0.2) is 21.5 Å². The summed E-state index contributed by atoms with van der Waals surface area (Å²) < 4.78 is 19.9. The van der Waals surface area contributed by atoms with Gasteiger partial charge in [-0.15, -0.1) is 11.8 Å². The second-order valence-electron chi connectivity index (χ2n) is 5.62. The van der Waals surface area contributed by atoms with Crippen LogP contribution in [0.4, 0.5) is 10.1 Å². The van der Waals surface area contributed by atoms with Crippen LogP contribution in [-0.4, -0.2) is 23.7 Å². The Morgan fingerprint density at radius 3 is 2.56 bits per heavy atom.